The third-order valence-corrected chi connectivity index (χ3v) is 3.57. The molecule has 23 heavy (non-hydrogen) atoms. The second-order valence-electron chi connectivity index (χ2n) is 4.89. The van der Waals surface area contributed by atoms with Crippen LogP contribution < -0.4 is 4.74 Å². The molecule has 1 heterocycles. The van der Waals surface area contributed by atoms with Gasteiger partial charge in [0.1, 0.15) is 16.9 Å². The lowest BCUT2D eigenvalue weighted by atomic mass is 9.78. The molecule has 2 rings (SSSR count). The number of nitro groups is 1. The smallest absolute Gasteiger partial charge is 0.320 e. The molecule has 8 heteroatoms. The zero-order valence-electron chi connectivity index (χ0n) is 12.3. The largest absolute Gasteiger partial charge is 0.481 e. The summed E-state index contributed by atoms with van der Waals surface area (Å²) < 4.78 is 19.1. The number of nitrogens with zero attached hydrogens (tertiary/aromatic N) is 2. The molecule has 1 atom stereocenters. The van der Waals surface area contributed by atoms with Crippen LogP contribution in [0.5, 0.6) is 5.88 Å². The van der Waals surface area contributed by atoms with Gasteiger partial charge in [0.2, 0.25) is 5.88 Å². The van der Waals surface area contributed by atoms with Crippen LogP contribution in [-0.4, -0.2) is 28.1 Å². The van der Waals surface area contributed by atoms with Crippen molar-refractivity contribution >= 4 is 11.7 Å². The summed E-state index contributed by atoms with van der Waals surface area (Å²) in [6, 6.07) is 7.52. The van der Waals surface area contributed by atoms with Gasteiger partial charge in [-0.15, -0.1) is 0 Å². The van der Waals surface area contributed by atoms with Crippen molar-refractivity contribution in [1.82, 2.24) is 4.98 Å². The van der Waals surface area contributed by atoms with Gasteiger partial charge in [0.05, 0.1) is 12.0 Å². The summed E-state index contributed by atoms with van der Waals surface area (Å²) in [6.07, 6.45) is 0. The molecule has 1 N–H and O–H groups in total. The van der Waals surface area contributed by atoms with E-state index in [0.29, 0.717) is 0 Å². The minimum absolute atomic E-state index is 0.00517. The van der Waals surface area contributed by atoms with E-state index in [4.69, 9.17) is 4.74 Å². The summed E-state index contributed by atoms with van der Waals surface area (Å²) in [5, 5.41) is 20.9. The maximum Gasteiger partial charge on any atom is 0.320 e. The highest BCUT2D eigenvalue weighted by molar-refractivity contribution is 5.86. The molecule has 0 radical (unpaired) electrons. The van der Waals surface area contributed by atoms with Gasteiger partial charge in [-0.2, -0.15) is 0 Å². The lowest BCUT2D eigenvalue weighted by molar-refractivity contribution is -0.386. The fourth-order valence-corrected chi connectivity index (χ4v) is 2.27. The van der Waals surface area contributed by atoms with Gasteiger partial charge in [-0.05, 0) is 13.0 Å². The van der Waals surface area contributed by atoms with E-state index in [1.807, 2.05) is 0 Å². The van der Waals surface area contributed by atoms with E-state index in [2.05, 4.69) is 4.98 Å². The Morgan fingerprint density at radius 3 is 2.52 bits per heavy atom. The van der Waals surface area contributed by atoms with E-state index in [9.17, 15) is 24.4 Å². The molecule has 1 unspecified atom stereocenters. The van der Waals surface area contributed by atoms with E-state index in [-0.39, 0.29) is 11.4 Å². The number of halogens is 1. The minimum atomic E-state index is -2.05. The number of hydrogen-bond donors (Lipinski definition) is 1. The number of hydrogen-bond acceptors (Lipinski definition) is 5. The Morgan fingerprint density at radius 1 is 1.35 bits per heavy atom. The monoisotopic (exact) mass is 320 g/mol. The van der Waals surface area contributed by atoms with Crippen molar-refractivity contribution in [3.63, 3.8) is 0 Å². The Labute approximate surface area is 130 Å². The lowest BCUT2D eigenvalue weighted by Gasteiger charge is -2.25. The van der Waals surface area contributed by atoms with Crippen LogP contribution in [0.25, 0.3) is 0 Å². The van der Waals surface area contributed by atoms with Crippen LogP contribution in [-0.2, 0) is 10.2 Å². The van der Waals surface area contributed by atoms with E-state index >= 15 is 0 Å². The predicted octanol–water partition coefficient (Wildman–Crippen LogP) is 2.53. The number of rotatable bonds is 5. The molecule has 0 amide bonds. The van der Waals surface area contributed by atoms with Crippen molar-refractivity contribution < 1.29 is 24.0 Å². The van der Waals surface area contributed by atoms with Crippen molar-refractivity contribution in [2.75, 3.05) is 7.11 Å². The fraction of sp³-hybridized carbons (Fsp3) is 0.200. The molecule has 7 nitrogen and oxygen atoms in total. The van der Waals surface area contributed by atoms with Crippen molar-refractivity contribution in [2.24, 2.45) is 0 Å². The van der Waals surface area contributed by atoms with Gasteiger partial charge >= 0.3 is 5.97 Å². The number of carboxylic acids is 1. The summed E-state index contributed by atoms with van der Waals surface area (Å²) in [5.41, 5.74) is -3.21. The van der Waals surface area contributed by atoms with E-state index in [0.717, 1.165) is 12.1 Å². The minimum Gasteiger partial charge on any atom is -0.481 e. The lowest BCUT2D eigenvalue weighted by Crippen LogP contribution is -2.36. The number of carboxylic acid groups (broad SMARTS) is 1. The zero-order chi connectivity index (χ0) is 17.2. The Balaban J connectivity index is 2.84. The maximum absolute atomic E-state index is 14.2. The van der Waals surface area contributed by atoms with Gasteiger partial charge in [-0.25, -0.2) is 9.37 Å². The zero-order valence-corrected chi connectivity index (χ0v) is 12.3. The van der Waals surface area contributed by atoms with Crippen molar-refractivity contribution in [2.45, 2.75) is 12.3 Å². The SMILES string of the molecule is COc1ccc([N+](=O)[O-])c(C(C)(C(=O)O)c2ccccc2F)n1. The van der Waals surface area contributed by atoms with Crippen LogP contribution in [0.3, 0.4) is 0 Å². The molecule has 0 aliphatic rings. The maximum atomic E-state index is 14.2. The van der Waals surface area contributed by atoms with Crippen LogP contribution in [0.15, 0.2) is 36.4 Å². The Hall–Kier alpha value is -3.03. The molecule has 0 saturated carbocycles. The van der Waals surface area contributed by atoms with E-state index in [1.165, 1.54) is 38.3 Å². The van der Waals surface area contributed by atoms with Crippen molar-refractivity contribution in [3.05, 3.63) is 63.6 Å². The number of methoxy groups -OCH3 is 1. The van der Waals surface area contributed by atoms with Crippen LogP contribution >= 0.6 is 0 Å². The second kappa shape index (κ2) is 5.99. The molecule has 120 valence electrons. The van der Waals surface area contributed by atoms with Gasteiger partial charge in [0.15, 0.2) is 0 Å². The summed E-state index contributed by atoms with van der Waals surface area (Å²) in [6.45, 7) is 1.17. The Bertz CT molecular complexity index is 780. The standard InChI is InChI=1S/C15H13FN2O5/c1-15(14(19)20,9-5-3-4-6-10(9)16)13-11(18(21)22)7-8-12(17-13)23-2/h3-8H,1-2H3,(H,19,20). The highest BCUT2D eigenvalue weighted by atomic mass is 19.1. The number of benzene rings is 1. The third-order valence-electron chi connectivity index (χ3n) is 3.57. The fourth-order valence-electron chi connectivity index (χ4n) is 2.27. The van der Waals surface area contributed by atoms with Crippen LogP contribution in [0.1, 0.15) is 18.2 Å². The molecule has 0 aliphatic heterocycles. The quantitative estimate of drug-likeness (QED) is 0.671. The average molecular weight is 320 g/mol. The van der Waals surface area contributed by atoms with Crippen molar-refractivity contribution in [1.29, 1.82) is 0 Å². The second-order valence-corrected chi connectivity index (χ2v) is 4.89. The number of aliphatic carboxylic acids is 1. The number of ether oxygens (including phenoxy) is 1. The third kappa shape index (κ3) is 2.70. The summed E-state index contributed by atoms with van der Waals surface area (Å²) in [7, 11) is 1.29. The molecule has 0 saturated heterocycles. The van der Waals surface area contributed by atoms with Gasteiger partial charge < -0.3 is 9.84 Å². The number of pyridine rings is 1. The normalized spacial score (nSPS) is 13.2. The first-order valence-electron chi connectivity index (χ1n) is 6.50. The Kier molecular flexibility index (Phi) is 4.26. The Morgan fingerprint density at radius 2 is 2.00 bits per heavy atom. The molecular formula is C15H13FN2O5. The highest BCUT2D eigenvalue weighted by Gasteiger charge is 2.45. The predicted molar refractivity (Wildman–Crippen MR) is 77.9 cm³/mol. The van der Waals surface area contributed by atoms with E-state index < -0.39 is 33.5 Å². The molecule has 0 aliphatic carbocycles. The highest BCUT2D eigenvalue weighted by Crippen LogP contribution is 2.38. The average Bonchev–Trinajstić information content (AvgIpc) is 2.53. The van der Waals surface area contributed by atoms with E-state index in [1.54, 1.807) is 0 Å². The van der Waals surface area contributed by atoms with Crippen LogP contribution in [0.2, 0.25) is 0 Å². The topological polar surface area (TPSA) is 103 Å². The summed E-state index contributed by atoms with van der Waals surface area (Å²) in [4.78, 5) is 26.3. The summed E-state index contributed by atoms with van der Waals surface area (Å²) >= 11 is 0. The number of aromatic nitrogens is 1. The van der Waals surface area contributed by atoms with Gasteiger partial charge in [-0.1, -0.05) is 18.2 Å². The molecule has 0 fully saturated rings. The first kappa shape index (κ1) is 16.3. The molecule has 0 spiro atoms. The molecule has 1 aromatic carbocycles. The number of carbonyl (C=O) groups is 1. The first-order valence-corrected chi connectivity index (χ1v) is 6.50. The van der Waals surface area contributed by atoms with Gasteiger partial charge in [0, 0.05) is 17.7 Å². The molecule has 1 aromatic heterocycles. The molecule has 0 bridgehead atoms. The molecule has 2 aromatic rings. The van der Waals surface area contributed by atoms with Crippen LogP contribution in [0, 0.1) is 15.9 Å². The van der Waals surface area contributed by atoms with Gasteiger partial charge in [-0.3, -0.25) is 14.9 Å². The first-order chi connectivity index (χ1) is 10.8. The molecular weight excluding hydrogens is 307 g/mol. The van der Waals surface area contributed by atoms with Gasteiger partial charge in [0.25, 0.3) is 5.69 Å². The summed E-state index contributed by atoms with van der Waals surface area (Å²) in [5.74, 6) is -2.27. The van der Waals surface area contributed by atoms with Crippen molar-refractivity contribution in [3.8, 4) is 5.88 Å². The van der Waals surface area contributed by atoms with Crippen LogP contribution in [0.4, 0.5) is 10.1 Å².